The van der Waals surface area contributed by atoms with Gasteiger partial charge in [-0.2, -0.15) is 0 Å². The second kappa shape index (κ2) is 12.0. The molecule has 186 valence electrons. The van der Waals surface area contributed by atoms with Crippen LogP contribution in [0.2, 0.25) is 0 Å². The predicted octanol–water partition coefficient (Wildman–Crippen LogP) is 3.81. The van der Waals surface area contributed by atoms with Crippen LogP contribution in [0.5, 0.6) is 5.75 Å². The smallest absolute Gasteiger partial charge is 0.251 e. The zero-order chi connectivity index (χ0) is 25.4. The van der Waals surface area contributed by atoms with Gasteiger partial charge in [-0.05, 0) is 74.6 Å². The molecule has 6 nitrogen and oxygen atoms in total. The van der Waals surface area contributed by atoms with Gasteiger partial charge in [-0.25, -0.2) is 0 Å². The maximum Gasteiger partial charge on any atom is 0.251 e. The Kier molecular flexibility index (Phi) is 9.04. The fraction of sp³-hybridized carbons (Fsp3) is 0.345. The molecule has 6 heteroatoms. The van der Waals surface area contributed by atoms with E-state index in [2.05, 4.69) is 35.8 Å². The Morgan fingerprint density at radius 2 is 1.74 bits per heavy atom. The molecule has 0 bridgehead atoms. The lowest BCUT2D eigenvalue weighted by Crippen LogP contribution is -2.43. The van der Waals surface area contributed by atoms with E-state index in [0.29, 0.717) is 36.2 Å². The van der Waals surface area contributed by atoms with Gasteiger partial charge in [0.25, 0.3) is 5.91 Å². The molecule has 0 saturated heterocycles. The Balaban J connectivity index is 1.53. The van der Waals surface area contributed by atoms with Gasteiger partial charge in [-0.3, -0.25) is 4.79 Å². The summed E-state index contributed by atoms with van der Waals surface area (Å²) in [4.78, 5) is 12.7. The third kappa shape index (κ3) is 7.92. The van der Waals surface area contributed by atoms with Crippen LogP contribution in [0.4, 0.5) is 0 Å². The van der Waals surface area contributed by atoms with Gasteiger partial charge in [0.1, 0.15) is 5.75 Å². The van der Waals surface area contributed by atoms with E-state index < -0.39 is 6.10 Å². The van der Waals surface area contributed by atoms with Crippen LogP contribution >= 0.6 is 0 Å². The Labute approximate surface area is 207 Å². The fourth-order valence-corrected chi connectivity index (χ4v) is 4.12. The molecule has 3 aromatic rings. The van der Waals surface area contributed by atoms with Crippen molar-refractivity contribution in [3.8, 4) is 5.75 Å². The van der Waals surface area contributed by atoms with E-state index in [4.69, 9.17) is 0 Å². The van der Waals surface area contributed by atoms with E-state index in [9.17, 15) is 20.1 Å². The van der Waals surface area contributed by atoms with Crippen LogP contribution in [0.15, 0.2) is 66.7 Å². The minimum atomic E-state index is -0.786. The normalized spacial score (nSPS) is 12.4. The first-order valence-electron chi connectivity index (χ1n) is 12.0. The van der Waals surface area contributed by atoms with Crippen LogP contribution in [-0.2, 0) is 19.4 Å². The first-order valence-corrected chi connectivity index (χ1v) is 12.0. The Bertz CT molecular complexity index is 1140. The summed E-state index contributed by atoms with van der Waals surface area (Å²) in [6.45, 7) is 6.75. The minimum Gasteiger partial charge on any atom is -0.508 e. The van der Waals surface area contributed by atoms with Gasteiger partial charge in [0.05, 0.1) is 12.7 Å². The molecule has 0 fully saturated rings. The van der Waals surface area contributed by atoms with Crippen molar-refractivity contribution in [2.45, 2.75) is 51.9 Å². The number of aliphatic hydroxyl groups is 2. The summed E-state index contributed by atoms with van der Waals surface area (Å²) >= 11 is 0. The lowest BCUT2D eigenvalue weighted by Gasteiger charge is -2.28. The Hall–Kier alpha value is -3.19. The summed E-state index contributed by atoms with van der Waals surface area (Å²) in [5.41, 5.74) is 4.74. The van der Waals surface area contributed by atoms with Crippen molar-refractivity contribution < 1.29 is 20.1 Å². The standard InChI is InChI=1S/C29H36N2O4/c1-20-6-4-7-21(14-20)12-13-30-28(35)24-9-5-8-22(15-24)17-29(2,3)31-18-27(34)23-10-11-26(33)25(16-23)19-32/h4-11,14-16,27,31-34H,12-13,17-19H2,1-3H3,(H,30,35)/t27-/m1/s1. The Morgan fingerprint density at radius 3 is 2.49 bits per heavy atom. The van der Waals surface area contributed by atoms with Gasteiger partial charge in [-0.15, -0.1) is 0 Å². The highest BCUT2D eigenvalue weighted by molar-refractivity contribution is 5.94. The largest absolute Gasteiger partial charge is 0.508 e. The molecular formula is C29H36N2O4. The molecule has 0 heterocycles. The second-order valence-corrected chi connectivity index (χ2v) is 9.70. The number of aromatic hydroxyl groups is 1. The topological polar surface area (TPSA) is 102 Å². The van der Waals surface area contributed by atoms with Crippen LogP contribution in [-0.4, -0.2) is 39.9 Å². The van der Waals surface area contributed by atoms with E-state index in [1.807, 2.05) is 44.2 Å². The molecule has 0 aliphatic heterocycles. The number of hydrogen-bond acceptors (Lipinski definition) is 5. The number of β-amino-alcohol motifs (C(OH)–C–C–N with tert-alkyl or cyclic N) is 1. The van der Waals surface area contributed by atoms with Crippen molar-refractivity contribution in [3.05, 3.63) is 100 Å². The average Bonchev–Trinajstić information content (AvgIpc) is 2.83. The summed E-state index contributed by atoms with van der Waals surface area (Å²) in [6, 6.07) is 20.6. The lowest BCUT2D eigenvalue weighted by molar-refractivity contribution is 0.0954. The predicted molar refractivity (Wildman–Crippen MR) is 138 cm³/mol. The number of hydrogen-bond donors (Lipinski definition) is 5. The average molecular weight is 477 g/mol. The van der Waals surface area contributed by atoms with Crippen LogP contribution in [0.1, 0.15) is 58.1 Å². The van der Waals surface area contributed by atoms with Gasteiger partial charge in [0.15, 0.2) is 0 Å². The summed E-state index contributed by atoms with van der Waals surface area (Å²) in [6.07, 6.45) is 0.667. The molecule has 0 radical (unpaired) electrons. The van der Waals surface area contributed by atoms with E-state index in [-0.39, 0.29) is 23.8 Å². The van der Waals surface area contributed by atoms with Crippen LogP contribution in [0, 0.1) is 6.92 Å². The number of aryl methyl sites for hydroxylation is 1. The van der Waals surface area contributed by atoms with Crippen molar-refractivity contribution in [1.82, 2.24) is 10.6 Å². The first-order chi connectivity index (χ1) is 16.7. The maximum atomic E-state index is 12.7. The molecule has 1 amide bonds. The molecule has 0 aromatic heterocycles. The molecule has 0 saturated carbocycles. The summed E-state index contributed by atoms with van der Waals surface area (Å²) in [5.74, 6) is -0.0801. The highest BCUT2D eigenvalue weighted by Gasteiger charge is 2.21. The lowest BCUT2D eigenvalue weighted by atomic mass is 9.93. The highest BCUT2D eigenvalue weighted by atomic mass is 16.3. The molecule has 1 atom stereocenters. The molecule has 3 rings (SSSR count). The fourth-order valence-electron chi connectivity index (χ4n) is 4.12. The zero-order valence-electron chi connectivity index (χ0n) is 20.7. The van der Waals surface area contributed by atoms with Crippen LogP contribution in [0.25, 0.3) is 0 Å². The number of benzene rings is 3. The zero-order valence-corrected chi connectivity index (χ0v) is 20.7. The number of carbonyl (C=O) groups is 1. The van der Waals surface area contributed by atoms with Gasteiger partial charge in [-0.1, -0.05) is 48.0 Å². The second-order valence-electron chi connectivity index (χ2n) is 9.70. The molecule has 0 spiro atoms. The van der Waals surface area contributed by atoms with Gasteiger partial charge in [0, 0.05) is 29.8 Å². The van der Waals surface area contributed by atoms with Crippen molar-refractivity contribution in [3.63, 3.8) is 0 Å². The van der Waals surface area contributed by atoms with Gasteiger partial charge >= 0.3 is 0 Å². The van der Waals surface area contributed by atoms with E-state index in [1.165, 1.54) is 17.2 Å². The maximum absolute atomic E-state index is 12.7. The quantitative estimate of drug-likeness (QED) is 0.290. The molecule has 3 aromatic carbocycles. The third-order valence-corrected chi connectivity index (χ3v) is 6.05. The van der Waals surface area contributed by atoms with Crippen molar-refractivity contribution >= 4 is 5.91 Å². The number of aliphatic hydroxyl groups excluding tert-OH is 2. The summed E-state index contributed by atoms with van der Waals surface area (Å²) < 4.78 is 0. The van der Waals surface area contributed by atoms with Crippen molar-refractivity contribution in [1.29, 1.82) is 0 Å². The summed E-state index contributed by atoms with van der Waals surface area (Å²) in [7, 11) is 0. The third-order valence-electron chi connectivity index (χ3n) is 6.05. The molecule has 0 unspecified atom stereocenters. The van der Waals surface area contributed by atoms with E-state index in [1.54, 1.807) is 12.1 Å². The van der Waals surface area contributed by atoms with Crippen molar-refractivity contribution in [2.24, 2.45) is 0 Å². The number of nitrogens with one attached hydrogen (secondary N) is 2. The Morgan fingerprint density at radius 1 is 1.00 bits per heavy atom. The number of rotatable bonds is 11. The number of phenols is 1. The monoisotopic (exact) mass is 476 g/mol. The minimum absolute atomic E-state index is 0.0100. The van der Waals surface area contributed by atoms with Crippen LogP contribution in [0.3, 0.4) is 0 Å². The summed E-state index contributed by atoms with van der Waals surface area (Å²) in [5, 5.41) is 36.0. The van der Waals surface area contributed by atoms with Gasteiger partial charge < -0.3 is 26.0 Å². The molecular weight excluding hydrogens is 440 g/mol. The molecule has 5 N–H and O–H groups in total. The SMILES string of the molecule is Cc1cccc(CCNC(=O)c2cccc(CC(C)(C)NC[C@@H](O)c3ccc(O)c(CO)c3)c2)c1. The van der Waals surface area contributed by atoms with Crippen LogP contribution < -0.4 is 10.6 Å². The first kappa shape index (κ1) is 26.4. The number of amides is 1. The molecule has 35 heavy (non-hydrogen) atoms. The van der Waals surface area contributed by atoms with E-state index in [0.717, 1.165) is 12.0 Å². The molecule has 0 aliphatic carbocycles. The highest BCUT2D eigenvalue weighted by Crippen LogP contribution is 2.23. The number of carbonyl (C=O) groups excluding carboxylic acids is 1. The van der Waals surface area contributed by atoms with Crippen molar-refractivity contribution in [2.75, 3.05) is 13.1 Å². The van der Waals surface area contributed by atoms with Gasteiger partial charge in [0.2, 0.25) is 0 Å². The molecule has 0 aliphatic rings. The van der Waals surface area contributed by atoms with E-state index >= 15 is 0 Å².